The smallest absolute Gasteiger partial charge is 0.163 e. The fourth-order valence-electron chi connectivity index (χ4n) is 1.97. The molecule has 2 aromatic rings. The van der Waals surface area contributed by atoms with Crippen LogP contribution in [0.1, 0.15) is 22.8 Å². The Bertz CT molecular complexity index is 620. The highest BCUT2D eigenvalue weighted by Gasteiger charge is 2.09. The minimum atomic E-state index is -0.442. The number of methoxy groups -OCH3 is 1. The molecule has 21 heavy (non-hydrogen) atoms. The van der Waals surface area contributed by atoms with E-state index in [1.54, 1.807) is 7.11 Å². The highest BCUT2D eigenvalue weighted by molar-refractivity contribution is 5.96. The predicted molar refractivity (Wildman–Crippen MR) is 78.6 cm³/mol. The van der Waals surface area contributed by atoms with Crippen molar-refractivity contribution in [1.82, 2.24) is 0 Å². The SMILES string of the molecule is COc1ccc(CCOc2ccc(F)cc2C(C)=O)cc1. The Kier molecular flexibility index (Phi) is 4.93. The second-order valence-electron chi connectivity index (χ2n) is 4.64. The number of Topliss-reactive ketones (excluding diaryl/α,β-unsaturated/α-hetero) is 1. The second kappa shape index (κ2) is 6.88. The molecule has 0 fully saturated rings. The summed E-state index contributed by atoms with van der Waals surface area (Å²) < 4.78 is 23.8. The van der Waals surface area contributed by atoms with Gasteiger partial charge in [0.1, 0.15) is 17.3 Å². The molecule has 0 amide bonds. The first-order chi connectivity index (χ1) is 10.1. The Morgan fingerprint density at radius 2 is 1.86 bits per heavy atom. The molecule has 0 bridgehead atoms. The summed E-state index contributed by atoms with van der Waals surface area (Å²) in [6.07, 6.45) is 0.693. The first-order valence-corrected chi connectivity index (χ1v) is 6.66. The molecule has 0 unspecified atom stereocenters. The molecule has 2 rings (SSSR count). The van der Waals surface area contributed by atoms with Gasteiger partial charge in [0.25, 0.3) is 0 Å². The lowest BCUT2D eigenvalue weighted by atomic mass is 10.1. The van der Waals surface area contributed by atoms with Crippen molar-refractivity contribution >= 4 is 5.78 Å². The largest absolute Gasteiger partial charge is 0.497 e. The zero-order valence-electron chi connectivity index (χ0n) is 12.1. The molecule has 0 atom stereocenters. The molecular weight excluding hydrogens is 271 g/mol. The average Bonchev–Trinajstić information content (AvgIpc) is 2.49. The first kappa shape index (κ1) is 15.0. The normalized spacial score (nSPS) is 10.2. The van der Waals surface area contributed by atoms with E-state index in [2.05, 4.69) is 0 Å². The molecular formula is C17H17FO3. The Hall–Kier alpha value is -2.36. The first-order valence-electron chi connectivity index (χ1n) is 6.66. The van der Waals surface area contributed by atoms with E-state index in [-0.39, 0.29) is 11.3 Å². The van der Waals surface area contributed by atoms with Crippen LogP contribution < -0.4 is 9.47 Å². The summed E-state index contributed by atoms with van der Waals surface area (Å²) in [7, 11) is 1.62. The molecule has 4 heteroatoms. The minimum Gasteiger partial charge on any atom is -0.497 e. The fourth-order valence-corrected chi connectivity index (χ4v) is 1.97. The van der Waals surface area contributed by atoms with Crippen LogP contribution in [0.4, 0.5) is 4.39 Å². The standard InChI is InChI=1S/C17H17FO3/c1-12(19)16-11-14(18)5-8-17(16)21-10-9-13-3-6-15(20-2)7-4-13/h3-8,11H,9-10H2,1-2H3. The van der Waals surface area contributed by atoms with Crippen molar-refractivity contribution in [3.8, 4) is 11.5 Å². The molecule has 110 valence electrons. The molecule has 0 aliphatic rings. The van der Waals surface area contributed by atoms with Crippen molar-refractivity contribution in [2.75, 3.05) is 13.7 Å². The molecule has 0 saturated carbocycles. The molecule has 0 saturated heterocycles. The summed E-state index contributed by atoms with van der Waals surface area (Å²) in [4.78, 5) is 11.5. The van der Waals surface area contributed by atoms with Crippen molar-refractivity contribution in [3.63, 3.8) is 0 Å². The van der Waals surface area contributed by atoms with Crippen molar-refractivity contribution in [3.05, 3.63) is 59.4 Å². The average molecular weight is 288 g/mol. The highest BCUT2D eigenvalue weighted by atomic mass is 19.1. The van der Waals surface area contributed by atoms with Crippen LogP contribution in [0.25, 0.3) is 0 Å². The van der Waals surface area contributed by atoms with Gasteiger partial charge in [-0.1, -0.05) is 12.1 Å². The quantitative estimate of drug-likeness (QED) is 0.761. The van der Waals surface area contributed by atoms with Crippen molar-refractivity contribution in [2.24, 2.45) is 0 Å². The number of halogens is 1. The van der Waals surface area contributed by atoms with Gasteiger partial charge >= 0.3 is 0 Å². The monoisotopic (exact) mass is 288 g/mol. The van der Waals surface area contributed by atoms with Gasteiger partial charge in [0.15, 0.2) is 5.78 Å². The molecule has 2 aromatic carbocycles. The number of ketones is 1. The summed E-state index contributed by atoms with van der Waals surface area (Å²) in [5.41, 5.74) is 1.37. The molecule has 0 heterocycles. The van der Waals surface area contributed by atoms with Gasteiger partial charge < -0.3 is 9.47 Å². The van der Waals surface area contributed by atoms with Crippen LogP contribution in [0.3, 0.4) is 0 Å². The van der Waals surface area contributed by atoms with Gasteiger partial charge in [0, 0.05) is 6.42 Å². The van der Waals surface area contributed by atoms with E-state index < -0.39 is 5.82 Å². The molecule has 0 aliphatic carbocycles. The molecule has 0 aliphatic heterocycles. The summed E-state index contributed by atoms with van der Waals surface area (Å²) in [5.74, 6) is 0.561. The Balaban J connectivity index is 1.98. The molecule has 0 N–H and O–H groups in total. The van der Waals surface area contributed by atoms with E-state index in [1.807, 2.05) is 24.3 Å². The zero-order valence-corrected chi connectivity index (χ0v) is 12.1. The number of hydrogen-bond acceptors (Lipinski definition) is 3. The predicted octanol–water partition coefficient (Wildman–Crippen LogP) is 3.66. The van der Waals surface area contributed by atoms with E-state index in [4.69, 9.17) is 9.47 Å². The number of carbonyl (C=O) groups excluding carboxylic acids is 1. The summed E-state index contributed by atoms with van der Waals surface area (Å²) in [6, 6.07) is 11.7. The van der Waals surface area contributed by atoms with Crippen LogP contribution in [-0.2, 0) is 6.42 Å². The van der Waals surface area contributed by atoms with Gasteiger partial charge in [0.05, 0.1) is 19.3 Å². The van der Waals surface area contributed by atoms with E-state index >= 15 is 0 Å². The summed E-state index contributed by atoms with van der Waals surface area (Å²) in [6.45, 7) is 1.81. The molecule has 3 nitrogen and oxygen atoms in total. The third-order valence-electron chi connectivity index (χ3n) is 3.13. The van der Waals surface area contributed by atoms with Crippen LogP contribution in [0.15, 0.2) is 42.5 Å². The van der Waals surface area contributed by atoms with Gasteiger partial charge in [-0.2, -0.15) is 0 Å². The number of carbonyl (C=O) groups is 1. The molecule has 0 spiro atoms. The minimum absolute atomic E-state index is 0.214. The maximum Gasteiger partial charge on any atom is 0.163 e. The lowest BCUT2D eigenvalue weighted by Gasteiger charge is -2.10. The van der Waals surface area contributed by atoms with Crippen LogP contribution >= 0.6 is 0 Å². The Morgan fingerprint density at radius 3 is 2.48 bits per heavy atom. The maximum atomic E-state index is 13.1. The Morgan fingerprint density at radius 1 is 1.14 bits per heavy atom. The van der Waals surface area contributed by atoms with Crippen LogP contribution in [0.5, 0.6) is 11.5 Å². The third kappa shape index (κ3) is 4.05. The van der Waals surface area contributed by atoms with Gasteiger partial charge in [-0.25, -0.2) is 4.39 Å². The maximum absolute atomic E-state index is 13.1. The van der Waals surface area contributed by atoms with E-state index in [0.29, 0.717) is 18.8 Å². The lowest BCUT2D eigenvalue weighted by Crippen LogP contribution is -2.05. The summed E-state index contributed by atoms with van der Waals surface area (Å²) in [5, 5.41) is 0. The van der Waals surface area contributed by atoms with E-state index in [0.717, 1.165) is 11.3 Å². The van der Waals surface area contributed by atoms with Gasteiger partial charge in [-0.3, -0.25) is 4.79 Å². The summed E-state index contributed by atoms with van der Waals surface area (Å²) >= 11 is 0. The van der Waals surface area contributed by atoms with Gasteiger partial charge in [-0.05, 0) is 42.8 Å². The zero-order chi connectivity index (χ0) is 15.2. The number of hydrogen-bond donors (Lipinski definition) is 0. The number of rotatable bonds is 6. The molecule has 0 aromatic heterocycles. The second-order valence-corrected chi connectivity index (χ2v) is 4.64. The van der Waals surface area contributed by atoms with Crippen LogP contribution in [0, 0.1) is 5.82 Å². The van der Waals surface area contributed by atoms with Gasteiger partial charge in [-0.15, -0.1) is 0 Å². The molecule has 0 radical (unpaired) electrons. The van der Waals surface area contributed by atoms with E-state index in [1.165, 1.54) is 25.1 Å². The number of ether oxygens (including phenoxy) is 2. The highest BCUT2D eigenvalue weighted by Crippen LogP contribution is 2.21. The van der Waals surface area contributed by atoms with Crippen molar-refractivity contribution in [1.29, 1.82) is 0 Å². The van der Waals surface area contributed by atoms with Crippen LogP contribution in [0.2, 0.25) is 0 Å². The third-order valence-corrected chi connectivity index (χ3v) is 3.13. The van der Waals surface area contributed by atoms with Crippen molar-refractivity contribution < 1.29 is 18.7 Å². The van der Waals surface area contributed by atoms with E-state index in [9.17, 15) is 9.18 Å². The van der Waals surface area contributed by atoms with Gasteiger partial charge in [0.2, 0.25) is 0 Å². The van der Waals surface area contributed by atoms with Crippen LogP contribution in [-0.4, -0.2) is 19.5 Å². The fraction of sp³-hybridized carbons (Fsp3) is 0.235. The van der Waals surface area contributed by atoms with Crippen molar-refractivity contribution in [2.45, 2.75) is 13.3 Å². The Labute approximate surface area is 123 Å². The number of benzene rings is 2. The lowest BCUT2D eigenvalue weighted by molar-refractivity contribution is 0.101. The topological polar surface area (TPSA) is 35.5 Å².